The quantitative estimate of drug-likeness (QED) is 0.383. The van der Waals surface area contributed by atoms with Crippen LogP contribution in [0.3, 0.4) is 0 Å². The Bertz CT molecular complexity index is 816. The van der Waals surface area contributed by atoms with Gasteiger partial charge in [-0.05, 0) is 12.1 Å². The summed E-state index contributed by atoms with van der Waals surface area (Å²) in [4.78, 5) is 15.6. The van der Waals surface area contributed by atoms with E-state index >= 15 is 0 Å². The normalized spacial score (nSPS) is 10.6. The summed E-state index contributed by atoms with van der Waals surface area (Å²) >= 11 is 1.11. The number of hydrogen-bond acceptors (Lipinski definition) is 8. The molecule has 118 valence electrons. The number of phenols is 1. The number of carbonyl (C=O) groups excluding carboxylic acids is 1. The largest absolute Gasteiger partial charge is 0.507 e. The summed E-state index contributed by atoms with van der Waals surface area (Å²) < 4.78 is 1.22. The Hall–Kier alpha value is -3.08. The van der Waals surface area contributed by atoms with Crippen LogP contribution in [0, 0.1) is 0 Å². The lowest BCUT2D eigenvalue weighted by molar-refractivity contribution is -0.113. The number of thioether (sulfide) groups is 1. The molecule has 5 N–H and O–H groups in total. The molecule has 0 unspecified atom stereocenters. The number of rotatable bonds is 5. The van der Waals surface area contributed by atoms with Gasteiger partial charge in [-0.25, -0.2) is 9.77 Å². The molecule has 0 radical (unpaired) electrons. The van der Waals surface area contributed by atoms with Gasteiger partial charge in [0.15, 0.2) is 5.82 Å². The number of phenolic OH excluding ortho intramolecular Hbond substituents is 1. The van der Waals surface area contributed by atoms with Crippen molar-refractivity contribution in [1.29, 1.82) is 0 Å². The molecule has 23 heavy (non-hydrogen) atoms. The van der Waals surface area contributed by atoms with E-state index in [0.29, 0.717) is 16.5 Å². The number of hydrogen-bond donors (Lipinski definition) is 4. The number of aromatic hydroxyl groups is 1. The molecule has 0 aliphatic rings. The maximum absolute atomic E-state index is 11.8. The molecule has 0 bridgehead atoms. The predicted molar refractivity (Wildman–Crippen MR) is 83.0 cm³/mol. The average Bonchev–Trinajstić information content (AvgIpc) is 3.16. The van der Waals surface area contributed by atoms with Crippen molar-refractivity contribution in [1.82, 2.24) is 30.1 Å². The van der Waals surface area contributed by atoms with Gasteiger partial charge in [-0.1, -0.05) is 23.9 Å². The maximum atomic E-state index is 11.8. The summed E-state index contributed by atoms with van der Waals surface area (Å²) in [6.07, 6.45) is 1.29. The molecule has 0 spiro atoms. The molecule has 1 aromatic carbocycles. The van der Waals surface area contributed by atoms with E-state index in [-0.39, 0.29) is 23.4 Å². The van der Waals surface area contributed by atoms with Crippen molar-refractivity contribution < 1.29 is 9.90 Å². The molecule has 10 nitrogen and oxygen atoms in total. The van der Waals surface area contributed by atoms with Crippen LogP contribution in [-0.2, 0) is 4.79 Å². The Morgan fingerprint density at radius 2 is 2.22 bits per heavy atom. The Labute approximate surface area is 134 Å². The first kappa shape index (κ1) is 14.8. The predicted octanol–water partition coefficient (Wildman–Crippen LogP) is 0.213. The summed E-state index contributed by atoms with van der Waals surface area (Å²) in [5, 5.41) is 26.7. The third-order valence-corrected chi connectivity index (χ3v) is 3.76. The monoisotopic (exact) mass is 332 g/mol. The number of nitrogens with two attached hydrogens (primary N) is 1. The van der Waals surface area contributed by atoms with E-state index < -0.39 is 0 Å². The molecule has 3 rings (SSSR count). The molecular formula is C12H12N8O2S. The van der Waals surface area contributed by atoms with Crippen LogP contribution in [0.2, 0.25) is 0 Å². The highest BCUT2D eigenvalue weighted by Gasteiger charge is 2.16. The summed E-state index contributed by atoms with van der Waals surface area (Å²) in [6, 6.07) is 6.65. The summed E-state index contributed by atoms with van der Waals surface area (Å²) in [7, 11) is 0. The van der Waals surface area contributed by atoms with Crippen LogP contribution in [0.4, 0.5) is 5.95 Å². The fourth-order valence-electron chi connectivity index (χ4n) is 1.79. The average molecular weight is 332 g/mol. The lowest BCUT2D eigenvalue weighted by atomic mass is 10.2. The summed E-state index contributed by atoms with van der Waals surface area (Å²) in [5.74, 6) is 6.32. The molecule has 2 heterocycles. The molecule has 2 aromatic heterocycles. The van der Waals surface area contributed by atoms with Gasteiger partial charge in [0.2, 0.25) is 17.0 Å². The van der Waals surface area contributed by atoms with Gasteiger partial charge in [-0.2, -0.15) is 10.1 Å². The van der Waals surface area contributed by atoms with Crippen LogP contribution in [0.15, 0.2) is 35.7 Å². The number of aromatic amines is 1. The molecule has 3 aromatic rings. The lowest BCUT2D eigenvalue weighted by Gasteiger charge is -2.05. The van der Waals surface area contributed by atoms with E-state index in [1.54, 1.807) is 18.2 Å². The smallest absolute Gasteiger partial charge is 0.237 e. The van der Waals surface area contributed by atoms with Crippen molar-refractivity contribution in [2.75, 3.05) is 16.9 Å². The molecule has 1 amide bonds. The number of benzene rings is 1. The minimum Gasteiger partial charge on any atom is -0.507 e. The van der Waals surface area contributed by atoms with Crippen molar-refractivity contribution in [3.05, 3.63) is 30.6 Å². The second-order valence-electron chi connectivity index (χ2n) is 4.36. The van der Waals surface area contributed by atoms with Gasteiger partial charge >= 0.3 is 0 Å². The lowest BCUT2D eigenvalue weighted by Crippen LogP contribution is -2.17. The zero-order chi connectivity index (χ0) is 16.2. The van der Waals surface area contributed by atoms with Gasteiger partial charge in [0, 0.05) is 0 Å². The summed E-state index contributed by atoms with van der Waals surface area (Å²) in [6.45, 7) is 0. The zero-order valence-corrected chi connectivity index (χ0v) is 12.5. The molecule has 11 heteroatoms. The van der Waals surface area contributed by atoms with E-state index in [9.17, 15) is 9.90 Å². The molecule has 0 atom stereocenters. The van der Waals surface area contributed by atoms with Gasteiger partial charge in [0.25, 0.3) is 0 Å². The molecule has 0 aliphatic carbocycles. The summed E-state index contributed by atoms with van der Waals surface area (Å²) in [5.41, 5.74) is 0.459. The number of anilines is 1. The fourth-order valence-corrected chi connectivity index (χ4v) is 2.44. The minimum absolute atomic E-state index is 0.0474. The van der Waals surface area contributed by atoms with Gasteiger partial charge in [-0.3, -0.25) is 10.1 Å². The number of H-pyrrole nitrogens is 1. The zero-order valence-electron chi connectivity index (χ0n) is 11.7. The van der Waals surface area contributed by atoms with Crippen molar-refractivity contribution >= 4 is 23.6 Å². The van der Waals surface area contributed by atoms with Crippen LogP contribution in [0.5, 0.6) is 5.75 Å². The second-order valence-corrected chi connectivity index (χ2v) is 5.31. The van der Waals surface area contributed by atoms with Crippen molar-refractivity contribution in [3.8, 4) is 17.1 Å². The third-order valence-electron chi connectivity index (χ3n) is 2.81. The number of aromatic nitrogens is 6. The van der Waals surface area contributed by atoms with Gasteiger partial charge in [0.05, 0.1) is 11.3 Å². The fraction of sp³-hybridized carbons (Fsp3) is 0.0833. The highest BCUT2D eigenvalue weighted by Crippen LogP contribution is 2.28. The number of nitrogen functional groups attached to an aromatic ring is 1. The number of nitrogens with one attached hydrogen (secondary N) is 2. The molecule has 0 saturated heterocycles. The maximum Gasteiger partial charge on any atom is 0.237 e. The van der Waals surface area contributed by atoms with Crippen molar-refractivity contribution in [3.63, 3.8) is 0 Å². The number of amides is 1. The van der Waals surface area contributed by atoms with E-state index in [0.717, 1.165) is 11.8 Å². The van der Waals surface area contributed by atoms with Crippen LogP contribution in [0.25, 0.3) is 11.4 Å². The van der Waals surface area contributed by atoms with Gasteiger partial charge < -0.3 is 10.9 Å². The van der Waals surface area contributed by atoms with Crippen LogP contribution >= 0.6 is 11.8 Å². The standard InChI is InChI=1S/C12H12N8O2S/c13-20-10(7-3-1-2-4-8(7)21)17-19-12(20)23-5-9(22)16-11-14-6-15-18-11/h1-4,6,21H,5,13H2,(H2,14,15,16,18,22). The number of nitrogens with zero attached hydrogens (tertiary/aromatic N) is 5. The van der Waals surface area contributed by atoms with E-state index in [2.05, 4.69) is 30.7 Å². The molecule has 0 fully saturated rings. The minimum atomic E-state index is -0.293. The molecular weight excluding hydrogens is 320 g/mol. The Morgan fingerprint density at radius 1 is 1.39 bits per heavy atom. The second kappa shape index (κ2) is 6.36. The highest BCUT2D eigenvalue weighted by atomic mass is 32.2. The topological polar surface area (TPSA) is 148 Å². The number of carbonyl (C=O) groups is 1. The highest BCUT2D eigenvalue weighted by molar-refractivity contribution is 7.99. The van der Waals surface area contributed by atoms with Crippen molar-refractivity contribution in [2.24, 2.45) is 0 Å². The number of para-hydroxylation sites is 1. The first-order valence-electron chi connectivity index (χ1n) is 6.42. The third kappa shape index (κ3) is 3.23. The Kier molecular flexibility index (Phi) is 4.10. The van der Waals surface area contributed by atoms with Crippen molar-refractivity contribution in [2.45, 2.75) is 5.16 Å². The van der Waals surface area contributed by atoms with Crippen LogP contribution in [0.1, 0.15) is 0 Å². The molecule has 0 aliphatic heterocycles. The van der Waals surface area contributed by atoms with E-state index in [4.69, 9.17) is 5.84 Å². The van der Waals surface area contributed by atoms with Gasteiger partial charge in [0.1, 0.15) is 12.1 Å². The van der Waals surface area contributed by atoms with E-state index in [1.807, 2.05) is 0 Å². The van der Waals surface area contributed by atoms with E-state index in [1.165, 1.54) is 17.1 Å². The first-order chi connectivity index (χ1) is 11.1. The van der Waals surface area contributed by atoms with Gasteiger partial charge in [-0.15, -0.1) is 10.2 Å². The Balaban J connectivity index is 1.68. The Morgan fingerprint density at radius 3 is 2.96 bits per heavy atom. The molecule has 0 saturated carbocycles. The van der Waals surface area contributed by atoms with Crippen LogP contribution in [-0.4, -0.2) is 46.8 Å². The van der Waals surface area contributed by atoms with Crippen LogP contribution < -0.4 is 11.2 Å². The SMILES string of the molecule is Nn1c(SCC(=O)Nc2ncn[nH]2)nnc1-c1ccccc1O. The first-order valence-corrected chi connectivity index (χ1v) is 7.40.